The Kier molecular flexibility index (Phi) is 3.94. The van der Waals surface area contributed by atoms with E-state index in [4.69, 9.17) is 0 Å². The number of H-pyrrole nitrogens is 1. The van der Waals surface area contributed by atoms with Gasteiger partial charge in [-0.15, -0.1) is 0 Å². The number of benzene rings is 1. The zero-order valence-electron chi connectivity index (χ0n) is 13.9. The highest BCUT2D eigenvalue weighted by Crippen LogP contribution is 2.24. The molecule has 1 aliphatic rings. The lowest BCUT2D eigenvalue weighted by Crippen LogP contribution is -2.42. The van der Waals surface area contributed by atoms with Crippen molar-refractivity contribution in [3.05, 3.63) is 64.3 Å². The van der Waals surface area contributed by atoms with E-state index >= 15 is 0 Å². The van der Waals surface area contributed by atoms with Crippen LogP contribution in [-0.4, -0.2) is 39.1 Å². The second kappa shape index (κ2) is 6.24. The Morgan fingerprint density at radius 1 is 1.33 bits per heavy atom. The highest BCUT2D eigenvalue weighted by molar-refractivity contribution is 5.79. The standard InChI is InChI=1S/C19H22N4O/c1-22(10-4-6-14-5-3-9-20-12-14)16-11-15-7-2-8-17-18(15)23(13-16)19(24)21-17/h2-3,5,7-9,12,16H,4,6,10-11,13H2,1H3,(H,21,24)/t16-/m1/s1. The van der Waals surface area contributed by atoms with E-state index in [1.54, 1.807) is 0 Å². The van der Waals surface area contributed by atoms with Crippen LogP contribution in [0.2, 0.25) is 0 Å². The molecule has 1 N–H and O–H groups in total. The molecule has 0 radical (unpaired) electrons. The van der Waals surface area contributed by atoms with Gasteiger partial charge in [-0.25, -0.2) is 4.79 Å². The van der Waals surface area contributed by atoms with Crippen LogP contribution in [0.5, 0.6) is 0 Å². The molecule has 0 amide bonds. The molecule has 0 bridgehead atoms. The Hall–Kier alpha value is -2.40. The van der Waals surface area contributed by atoms with Crippen molar-refractivity contribution in [3.8, 4) is 0 Å². The highest BCUT2D eigenvalue weighted by atomic mass is 16.1. The Balaban J connectivity index is 1.44. The predicted molar refractivity (Wildman–Crippen MR) is 95.2 cm³/mol. The molecule has 0 aliphatic carbocycles. The SMILES string of the molecule is CN(CCCc1cccnc1)[C@@H]1Cc2cccc3[nH]c(=O)n(c23)C1. The minimum absolute atomic E-state index is 0.00547. The lowest BCUT2D eigenvalue weighted by Gasteiger charge is -2.31. The lowest BCUT2D eigenvalue weighted by atomic mass is 9.99. The minimum atomic E-state index is 0.00547. The molecule has 5 heteroatoms. The van der Waals surface area contributed by atoms with E-state index in [-0.39, 0.29) is 5.69 Å². The van der Waals surface area contributed by atoms with Crippen molar-refractivity contribution < 1.29 is 0 Å². The first-order valence-electron chi connectivity index (χ1n) is 8.52. The maximum absolute atomic E-state index is 12.2. The third-order valence-corrected chi connectivity index (χ3v) is 5.05. The molecule has 1 aliphatic heterocycles. The second-order valence-electron chi connectivity index (χ2n) is 6.66. The van der Waals surface area contributed by atoms with Crippen LogP contribution in [-0.2, 0) is 19.4 Å². The summed E-state index contributed by atoms with van der Waals surface area (Å²) in [6, 6.07) is 10.6. The van der Waals surface area contributed by atoms with Crippen LogP contribution < -0.4 is 5.69 Å². The summed E-state index contributed by atoms with van der Waals surface area (Å²) in [5.41, 5.74) is 4.59. The van der Waals surface area contributed by atoms with Gasteiger partial charge in [-0.3, -0.25) is 9.55 Å². The van der Waals surface area contributed by atoms with E-state index in [1.165, 1.54) is 11.1 Å². The third-order valence-electron chi connectivity index (χ3n) is 5.05. The smallest absolute Gasteiger partial charge is 0.306 e. The average Bonchev–Trinajstić information content (AvgIpc) is 2.93. The number of hydrogen-bond donors (Lipinski definition) is 1. The fourth-order valence-corrected chi connectivity index (χ4v) is 3.72. The van der Waals surface area contributed by atoms with Gasteiger partial charge in [-0.1, -0.05) is 18.2 Å². The molecule has 0 fully saturated rings. The number of pyridine rings is 1. The van der Waals surface area contributed by atoms with Crippen LogP contribution in [0.4, 0.5) is 0 Å². The molecule has 0 saturated carbocycles. The van der Waals surface area contributed by atoms with E-state index in [2.05, 4.69) is 34.0 Å². The van der Waals surface area contributed by atoms with Crippen LogP contribution >= 0.6 is 0 Å². The molecule has 1 atom stereocenters. The monoisotopic (exact) mass is 322 g/mol. The van der Waals surface area contributed by atoms with Crippen molar-refractivity contribution in [1.29, 1.82) is 0 Å². The molecule has 0 spiro atoms. The average molecular weight is 322 g/mol. The number of nitrogens with one attached hydrogen (secondary N) is 1. The first kappa shape index (κ1) is 15.1. The summed E-state index contributed by atoms with van der Waals surface area (Å²) in [6.07, 6.45) is 6.88. The van der Waals surface area contributed by atoms with E-state index < -0.39 is 0 Å². The molecular weight excluding hydrogens is 300 g/mol. The Morgan fingerprint density at radius 3 is 3.08 bits per heavy atom. The van der Waals surface area contributed by atoms with Crippen molar-refractivity contribution in [1.82, 2.24) is 19.4 Å². The molecular formula is C19H22N4O. The van der Waals surface area contributed by atoms with E-state index in [1.807, 2.05) is 35.2 Å². The fraction of sp³-hybridized carbons (Fsp3) is 0.368. The van der Waals surface area contributed by atoms with Gasteiger partial charge >= 0.3 is 5.69 Å². The molecule has 3 heterocycles. The third kappa shape index (κ3) is 2.76. The number of para-hydroxylation sites is 1. The van der Waals surface area contributed by atoms with Gasteiger partial charge in [-0.05, 0) is 56.1 Å². The predicted octanol–water partition coefficient (Wildman–Crippen LogP) is 2.21. The van der Waals surface area contributed by atoms with Gasteiger partial charge in [0.05, 0.1) is 11.0 Å². The molecule has 4 rings (SSSR count). The van der Waals surface area contributed by atoms with Gasteiger partial charge in [-0.2, -0.15) is 0 Å². The summed E-state index contributed by atoms with van der Waals surface area (Å²) >= 11 is 0. The largest absolute Gasteiger partial charge is 0.326 e. The van der Waals surface area contributed by atoms with Gasteiger partial charge in [0, 0.05) is 25.0 Å². The summed E-state index contributed by atoms with van der Waals surface area (Å²) in [7, 11) is 2.16. The van der Waals surface area contributed by atoms with Crippen LogP contribution in [0.15, 0.2) is 47.5 Å². The van der Waals surface area contributed by atoms with E-state index in [9.17, 15) is 4.79 Å². The molecule has 124 valence electrons. The number of imidazole rings is 1. The Labute approximate surface area is 140 Å². The topological polar surface area (TPSA) is 53.9 Å². The molecule has 5 nitrogen and oxygen atoms in total. The van der Waals surface area contributed by atoms with Gasteiger partial charge in [0.1, 0.15) is 0 Å². The number of aromatic amines is 1. The number of rotatable bonds is 5. The number of aryl methyl sites for hydroxylation is 1. The van der Waals surface area contributed by atoms with Crippen molar-refractivity contribution in [2.45, 2.75) is 31.8 Å². The number of hydrogen-bond acceptors (Lipinski definition) is 3. The maximum Gasteiger partial charge on any atom is 0.326 e. The zero-order valence-corrected chi connectivity index (χ0v) is 13.9. The molecule has 1 aromatic carbocycles. The minimum Gasteiger partial charge on any atom is -0.306 e. The highest BCUT2D eigenvalue weighted by Gasteiger charge is 2.25. The molecule has 2 aromatic heterocycles. The van der Waals surface area contributed by atoms with Gasteiger partial charge < -0.3 is 9.88 Å². The Morgan fingerprint density at radius 2 is 2.25 bits per heavy atom. The normalized spacial score (nSPS) is 16.8. The van der Waals surface area contributed by atoms with E-state index in [0.29, 0.717) is 6.04 Å². The second-order valence-corrected chi connectivity index (χ2v) is 6.66. The summed E-state index contributed by atoms with van der Waals surface area (Å²) in [5, 5.41) is 0. The molecule has 0 saturated heterocycles. The quantitative estimate of drug-likeness (QED) is 0.783. The Bertz CT molecular complexity index is 897. The van der Waals surface area contributed by atoms with Crippen LogP contribution in [0.3, 0.4) is 0 Å². The van der Waals surface area contributed by atoms with Crippen LogP contribution in [0.1, 0.15) is 17.5 Å². The van der Waals surface area contributed by atoms with Crippen molar-refractivity contribution >= 4 is 11.0 Å². The van der Waals surface area contributed by atoms with Crippen molar-refractivity contribution in [2.75, 3.05) is 13.6 Å². The van der Waals surface area contributed by atoms with Crippen LogP contribution in [0, 0.1) is 0 Å². The molecule has 3 aromatic rings. The van der Waals surface area contributed by atoms with Gasteiger partial charge in [0.25, 0.3) is 0 Å². The van der Waals surface area contributed by atoms with Crippen LogP contribution in [0.25, 0.3) is 11.0 Å². The van der Waals surface area contributed by atoms with Gasteiger partial charge in [0.15, 0.2) is 0 Å². The first-order chi connectivity index (χ1) is 11.7. The molecule has 0 unspecified atom stereocenters. The number of aromatic nitrogens is 3. The van der Waals surface area contributed by atoms with Gasteiger partial charge in [0.2, 0.25) is 0 Å². The molecule has 24 heavy (non-hydrogen) atoms. The summed E-state index contributed by atoms with van der Waals surface area (Å²) in [5.74, 6) is 0. The number of likely N-dealkylation sites (N-methyl/N-ethyl adjacent to an activating group) is 1. The fourth-order valence-electron chi connectivity index (χ4n) is 3.72. The summed E-state index contributed by atoms with van der Waals surface area (Å²) in [6.45, 7) is 1.78. The van der Waals surface area contributed by atoms with E-state index in [0.717, 1.165) is 43.4 Å². The zero-order chi connectivity index (χ0) is 16.5. The van der Waals surface area contributed by atoms with Crippen molar-refractivity contribution in [3.63, 3.8) is 0 Å². The summed E-state index contributed by atoms with van der Waals surface area (Å²) < 4.78 is 1.90. The number of nitrogens with zero attached hydrogens (tertiary/aromatic N) is 3. The summed E-state index contributed by atoms with van der Waals surface area (Å²) in [4.78, 5) is 21.7. The first-order valence-corrected chi connectivity index (χ1v) is 8.52. The lowest BCUT2D eigenvalue weighted by molar-refractivity contribution is 0.211. The maximum atomic E-state index is 12.2. The van der Waals surface area contributed by atoms with Crippen molar-refractivity contribution in [2.24, 2.45) is 0 Å².